The van der Waals surface area contributed by atoms with Crippen LogP contribution in [0.25, 0.3) is 0 Å². The van der Waals surface area contributed by atoms with Crippen molar-refractivity contribution in [1.82, 2.24) is 15.5 Å². The molecule has 24 heavy (non-hydrogen) atoms. The van der Waals surface area contributed by atoms with E-state index in [1.54, 1.807) is 17.0 Å². The minimum absolute atomic E-state index is 0.0755. The van der Waals surface area contributed by atoms with Crippen molar-refractivity contribution in [2.45, 2.75) is 45.7 Å². The number of nitrogens with one attached hydrogen (secondary N) is 2. The van der Waals surface area contributed by atoms with Crippen LogP contribution in [0.5, 0.6) is 0 Å². The maximum atomic E-state index is 12.9. The van der Waals surface area contributed by atoms with Crippen LogP contribution in [-0.2, 0) is 11.3 Å². The molecule has 0 saturated carbocycles. The Labute approximate surface area is 142 Å². The monoisotopic (exact) mass is 335 g/mol. The topological polar surface area (TPSA) is 61.4 Å². The first kappa shape index (κ1) is 18.2. The summed E-state index contributed by atoms with van der Waals surface area (Å²) in [5, 5.41) is 5.78. The molecule has 3 amide bonds. The predicted molar refractivity (Wildman–Crippen MR) is 90.8 cm³/mol. The summed E-state index contributed by atoms with van der Waals surface area (Å²) >= 11 is 0. The van der Waals surface area contributed by atoms with Crippen LogP contribution >= 0.6 is 0 Å². The molecule has 0 aliphatic carbocycles. The number of carbonyl (C=O) groups excluding carboxylic acids is 2. The number of rotatable bonds is 7. The summed E-state index contributed by atoms with van der Waals surface area (Å²) in [4.78, 5) is 25.7. The van der Waals surface area contributed by atoms with E-state index in [1.807, 2.05) is 13.8 Å². The van der Waals surface area contributed by atoms with Crippen molar-refractivity contribution in [2.75, 3.05) is 13.1 Å². The zero-order valence-electron chi connectivity index (χ0n) is 14.3. The largest absolute Gasteiger partial charge is 0.338 e. The maximum absolute atomic E-state index is 12.9. The summed E-state index contributed by atoms with van der Waals surface area (Å²) < 4.78 is 12.9. The van der Waals surface area contributed by atoms with Crippen LogP contribution in [0.4, 0.5) is 9.18 Å². The molecule has 1 heterocycles. The maximum Gasteiger partial charge on any atom is 0.315 e. The Morgan fingerprint density at radius 1 is 1.29 bits per heavy atom. The summed E-state index contributed by atoms with van der Waals surface area (Å²) in [6.07, 6.45) is 2.24. The lowest BCUT2D eigenvalue weighted by atomic mass is 10.1. The van der Waals surface area contributed by atoms with Crippen LogP contribution in [-0.4, -0.2) is 36.0 Å². The second kappa shape index (κ2) is 8.66. The van der Waals surface area contributed by atoms with E-state index in [9.17, 15) is 14.0 Å². The molecule has 5 nitrogen and oxygen atoms in total. The zero-order valence-corrected chi connectivity index (χ0v) is 14.3. The minimum Gasteiger partial charge on any atom is -0.338 e. The lowest BCUT2D eigenvalue weighted by Gasteiger charge is -2.18. The summed E-state index contributed by atoms with van der Waals surface area (Å²) in [5.74, 6) is -0.0889. The Kier molecular flexibility index (Phi) is 6.58. The summed E-state index contributed by atoms with van der Waals surface area (Å²) in [5.41, 5.74) is 0.907. The summed E-state index contributed by atoms with van der Waals surface area (Å²) in [6, 6.07) is 6.20. The highest BCUT2D eigenvalue weighted by Gasteiger charge is 2.29. The fourth-order valence-electron chi connectivity index (χ4n) is 2.92. The first-order valence-electron chi connectivity index (χ1n) is 8.58. The lowest BCUT2D eigenvalue weighted by molar-refractivity contribution is -0.128. The molecule has 1 aromatic rings. The van der Waals surface area contributed by atoms with Gasteiger partial charge in [-0.1, -0.05) is 26.0 Å². The molecule has 0 spiro atoms. The van der Waals surface area contributed by atoms with Crippen molar-refractivity contribution in [1.29, 1.82) is 0 Å². The van der Waals surface area contributed by atoms with E-state index >= 15 is 0 Å². The van der Waals surface area contributed by atoms with Crippen molar-refractivity contribution in [3.63, 3.8) is 0 Å². The fourth-order valence-corrected chi connectivity index (χ4v) is 2.92. The molecule has 1 aliphatic rings. The third-order valence-electron chi connectivity index (χ3n) is 4.45. The second-order valence-corrected chi connectivity index (χ2v) is 6.34. The van der Waals surface area contributed by atoms with E-state index in [0.29, 0.717) is 26.1 Å². The molecule has 2 N–H and O–H groups in total. The number of hydrogen-bond acceptors (Lipinski definition) is 2. The highest BCUT2D eigenvalue weighted by Crippen LogP contribution is 2.19. The molecule has 1 fully saturated rings. The van der Waals surface area contributed by atoms with Crippen LogP contribution in [0, 0.1) is 11.7 Å². The standard InChI is InChI=1S/C18H26FN3O2/c1-3-16(4-2)21-18(24)20-10-14-9-17(23)22(12-14)11-13-5-7-15(19)8-6-13/h5-8,14,16H,3-4,9-12H2,1-2H3,(H2,20,21,24). The van der Waals surface area contributed by atoms with Crippen molar-refractivity contribution in [2.24, 2.45) is 5.92 Å². The molecule has 0 bridgehead atoms. The van der Waals surface area contributed by atoms with Crippen molar-refractivity contribution >= 4 is 11.9 Å². The molecule has 6 heteroatoms. The van der Waals surface area contributed by atoms with Crippen molar-refractivity contribution in [3.05, 3.63) is 35.6 Å². The Morgan fingerprint density at radius 2 is 1.96 bits per heavy atom. The van der Waals surface area contributed by atoms with Gasteiger partial charge >= 0.3 is 6.03 Å². The van der Waals surface area contributed by atoms with Crippen LogP contribution < -0.4 is 10.6 Å². The van der Waals surface area contributed by atoms with Gasteiger partial charge in [0.25, 0.3) is 0 Å². The number of carbonyl (C=O) groups is 2. The number of urea groups is 1. The first-order valence-corrected chi connectivity index (χ1v) is 8.58. The second-order valence-electron chi connectivity index (χ2n) is 6.34. The quantitative estimate of drug-likeness (QED) is 0.805. The van der Waals surface area contributed by atoms with E-state index in [0.717, 1.165) is 18.4 Å². The SMILES string of the molecule is CCC(CC)NC(=O)NCC1CC(=O)N(Cc2ccc(F)cc2)C1. The number of amides is 3. The van der Waals surface area contributed by atoms with Crippen LogP contribution in [0.1, 0.15) is 38.7 Å². The molecular weight excluding hydrogens is 309 g/mol. The number of likely N-dealkylation sites (tertiary alicyclic amines) is 1. The number of hydrogen-bond donors (Lipinski definition) is 2. The van der Waals surface area contributed by atoms with Gasteiger partial charge in [0.2, 0.25) is 5.91 Å². The van der Waals surface area contributed by atoms with Gasteiger partial charge in [0.05, 0.1) is 0 Å². The predicted octanol–water partition coefficient (Wildman–Crippen LogP) is 2.66. The van der Waals surface area contributed by atoms with E-state index in [4.69, 9.17) is 0 Å². The van der Waals surface area contributed by atoms with Gasteiger partial charge in [0.15, 0.2) is 0 Å². The molecular formula is C18H26FN3O2. The highest BCUT2D eigenvalue weighted by atomic mass is 19.1. The van der Waals surface area contributed by atoms with E-state index in [-0.39, 0.29) is 29.7 Å². The average Bonchev–Trinajstić information content (AvgIpc) is 2.92. The molecule has 1 saturated heterocycles. The molecule has 1 aromatic carbocycles. The van der Waals surface area contributed by atoms with Gasteiger partial charge in [-0.2, -0.15) is 0 Å². The van der Waals surface area contributed by atoms with Gasteiger partial charge in [-0.05, 0) is 30.5 Å². The van der Waals surface area contributed by atoms with Gasteiger partial charge in [0, 0.05) is 38.0 Å². The van der Waals surface area contributed by atoms with E-state index in [2.05, 4.69) is 10.6 Å². The van der Waals surface area contributed by atoms with E-state index < -0.39 is 0 Å². The Bertz CT molecular complexity index is 558. The molecule has 0 radical (unpaired) electrons. The van der Waals surface area contributed by atoms with Crippen LogP contribution in [0.15, 0.2) is 24.3 Å². The molecule has 1 atom stereocenters. The Balaban J connectivity index is 1.77. The third-order valence-corrected chi connectivity index (χ3v) is 4.45. The number of halogens is 1. The van der Waals surface area contributed by atoms with Crippen molar-refractivity contribution in [3.8, 4) is 0 Å². The molecule has 132 valence electrons. The third kappa shape index (κ3) is 5.22. The van der Waals surface area contributed by atoms with Gasteiger partial charge in [-0.25, -0.2) is 9.18 Å². The summed E-state index contributed by atoms with van der Waals surface area (Å²) in [6.45, 7) is 5.66. The van der Waals surface area contributed by atoms with Gasteiger partial charge in [0.1, 0.15) is 5.82 Å². The lowest BCUT2D eigenvalue weighted by Crippen LogP contribution is -2.43. The minimum atomic E-state index is -0.281. The van der Waals surface area contributed by atoms with Gasteiger partial charge in [-0.3, -0.25) is 4.79 Å². The summed E-state index contributed by atoms with van der Waals surface area (Å²) in [7, 11) is 0. The van der Waals surface area contributed by atoms with Crippen molar-refractivity contribution < 1.29 is 14.0 Å². The molecule has 0 aromatic heterocycles. The molecule has 1 aliphatic heterocycles. The zero-order chi connectivity index (χ0) is 17.5. The normalized spacial score (nSPS) is 17.4. The first-order chi connectivity index (χ1) is 11.5. The van der Waals surface area contributed by atoms with Gasteiger partial charge < -0.3 is 15.5 Å². The highest BCUT2D eigenvalue weighted by molar-refractivity contribution is 5.79. The van der Waals surface area contributed by atoms with E-state index in [1.165, 1.54) is 12.1 Å². The van der Waals surface area contributed by atoms with Crippen LogP contribution in [0.2, 0.25) is 0 Å². The van der Waals surface area contributed by atoms with Crippen LogP contribution in [0.3, 0.4) is 0 Å². The van der Waals surface area contributed by atoms with Gasteiger partial charge in [-0.15, -0.1) is 0 Å². The number of benzene rings is 1. The molecule has 2 rings (SSSR count). The molecule has 1 unspecified atom stereocenters. The Morgan fingerprint density at radius 3 is 2.58 bits per heavy atom. The Hall–Kier alpha value is -2.11. The fraction of sp³-hybridized carbons (Fsp3) is 0.556. The average molecular weight is 335 g/mol. The number of nitrogens with zero attached hydrogens (tertiary/aromatic N) is 1. The smallest absolute Gasteiger partial charge is 0.315 e.